The second-order valence-electron chi connectivity index (χ2n) is 6.35. The summed E-state index contributed by atoms with van der Waals surface area (Å²) < 4.78 is 0. The number of unbranched alkanes of at least 4 members (excludes halogenated alkanes) is 8. The topological polar surface area (TPSA) is 3.24 Å². The Balaban J connectivity index is 0.00000324. The lowest BCUT2D eigenvalue weighted by Gasteiger charge is -2.30. The van der Waals surface area contributed by atoms with E-state index in [4.69, 9.17) is 0 Å². The SMILES string of the molecule is CCCCCCCCCCCN1CCC(C)CC1.F. The molecule has 0 aromatic rings. The van der Waals surface area contributed by atoms with Crippen molar-refractivity contribution in [3.05, 3.63) is 0 Å². The Morgan fingerprint density at radius 3 is 1.79 bits per heavy atom. The Hall–Kier alpha value is -0.110. The van der Waals surface area contributed by atoms with Gasteiger partial charge in [0.15, 0.2) is 0 Å². The summed E-state index contributed by atoms with van der Waals surface area (Å²) >= 11 is 0. The van der Waals surface area contributed by atoms with Crippen molar-refractivity contribution in [3.8, 4) is 0 Å². The molecule has 1 aliphatic heterocycles. The first-order valence-electron chi connectivity index (χ1n) is 8.55. The first-order valence-corrected chi connectivity index (χ1v) is 8.55. The Morgan fingerprint density at radius 1 is 0.789 bits per heavy atom. The van der Waals surface area contributed by atoms with E-state index in [0.717, 1.165) is 5.92 Å². The van der Waals surface area contributed by atoms with Crippen LogP contribution in [0.25, 0.3) is 0 Å². The van der Waals surface area contributed by atoms with Crippen molar-refractivity contribution >= 4 is 0 Å². The highest BCUT2D eigenvalue weighted by Crippen LogP contribution is 2.16. The van der Waals surface area contributed by atoms with Crippen molar-refractivity contribution in [1.82, 2.24) is 4.90 Å². The normalized spacial score (nSPS) is 17.4. The molecule has 0 bridgehead atoms. The van der Waals surface area contributed by atoms with Crippen LogP contribution in [0.4, 0.5) is 4.70 Å². The van der Waals surface area contributed by atoms with Gasteiger partial charge in [0, 0.05) is 0 Å². The summed E-state index contributed by atoms with van der Waals surface area (Å²) in [5.74, 6) is 0.976. The molecule has 0 radical (unpaired) electrons. The fourth-order valence-corrected chi connectivity index (χ4v) is 2.93. The van der Waals surface area contributed by atoms with Gasteiger partial charge in [-0.1, -0.05) is 65.2 Å². The van der Waals surface area contributed by atoms with Gasteiger partial charge in [-0.15, -0.1) is 0 Å². The zero-order chi connectivity index (χ0) is 13.1. The Bertz CT molecular complexity index is 176. The van der Waals surface area contributed by atoms with E-state index < -0.39 is 0 Å². The molecule has 0 aliphatic carbocycles. The molecule has 2 heteroatoms. The molecule has 0 aromatic carbocycles. The molecule has 1 heterocycles. The summed E-state index contributed by atoms with van der Waals surface area (Å²) in [4.78, 5) is 2.68. The first-order chi connectivity index (χ1) is 8.83. The fraction of sp³-hybridized carbons (Fsp3) is 1.00. The molecule has 1 aliphatic rings. The van der Waals surface area contributed by atoms with Crippen molar-refractivity contribution < 1.29 is 4.70 Å². The minimum absolute atomic E-state index is 0. The summed E-state index contributed by atoms with van der Waals surface area (Å²) in [6, 6.07) is 0. The molecule has 0 saturated carbocycles. The number of nitrogens with zero attached hydrogens (tertiary/aromatic N) is 1. The molecule has 19 heavy (non-hydrogen) atoms. The molecular formula is C17H36FN. The van der Waals surface area contributed by atoms with Crippen LogP contribution in [0.1, 0.15) is 84.5 Å². The maximum absolute atomic E-state index is 2.68. The predicted molar refractivity (Wildman–Crippen MR) is 84.6 cm³/mol. The van der Waals surface area contributed by atoms with Crippen molar-refractivity contribution in [3.63, 3.8) is 0 Å². The fourth-order valence-electron chi connectivity index (χ4n) is 2.93. The largest absolute Gasteiger partial charge is 0.303 e. The van der Waals surface area contributed by atoms with Crippen LogP contribution in [-0.4, -0.2) is 24.5 Å². The van der Waals surface area contributed by atoms with Gasteiger partial charge >= 0.3 is 0 Å². The molecule has 1 fully saturated rings. The van der Waals surface area contributed by atoms with E-state index in [1.807, 2.05) is 0 Å². The predicted octanol–water partition coefficient (Wildman–Crippen LogP) is 5.40. The second kappa shape index (κ2) is 12.9. The van der Waals surface area contributed by atoms with E-state index in [1.54, 1.807) is 0 Å². The van der Waals surface area contributed by atoms with Crippen LogP contribution in [0.15, 0.2) is 0 Å². The van der Waals surface area contributed by atoms with Crippen LogP contribution in [0.3, 0.4) is 0 Å². The van der Waals surface area contributed by atoms with Crippen molar-refractivity contribution in [2.45, 2.75) is 84.5 Å². The maximum atomic E-state index is 2.68. The molecule has 0 aromatic heterocycles. The second-order valence-corrected chi connectivity index (χ2v) is 6.35. The van der Waals surface area contributed by atoms with Crippen LogP contribution in [0.5, 0.6) is 0 Å². The zero-order valence-electron chi connectivity index (χ0n) is 13.3. The quantitative estimate of drug-likeness (QED) is 0.482. The monoisotopic (exact) mass is 273 g/mol. The summed E-state index contributed by atoms with van der Waals surface area (Å²) in [5.41, 5.74) is 0. The van der Waals surface area contributed by atoms with Gasteiger partial charge in [-0.05, 0) is 44.8 Å². The molecule has 0 unspecified atom stereocenters. The molecule has 0 amide bonds. The van der Waals surface area contributed by atoms with Crippen molar-refractivity contribution in [2.75, 3.05) is 19.6 Å². The van der Waals surface area contributed by atoms with Gasteiger partial charge in [-0.2, -0.15) is 0 Å². The smallest absolute Gasteiger partial charge is 0.00162 e. The lowest BCUT2D eigenvalue weighted by molar-refractivity contribution is 0.189. The van der Waals surface area contributed by atoms with E-state index in [-0.39, 0.29) is 4.70 Å². The van der Waals surface area contributed by atoms with Crippen LogP contribution >= 0.6 is 0 Å². The number of rotatable bonds is 10. The minimum Gasteiger partial charge on any atom is -0.303 e. The number of piperidine rings is 1. The summed E-state index contributed by atoms with van der Waals surface area (Å²) in [6.45, 7) is 8.77. The number of halogens is 1. The molecule has 1 saturated heterocycles. The summed E-state index contributed by atoms with van der Waals surface area (Å²) in [6.07, 6.45) is 15.9. The number of hydrogen-bond donors (Lipinski definition) is 0. The van der Waals surface area contributed by atoms with E-state index in [0.29, 0.717) is 0 Å². The Morgan fingerprint density at radius 2 is 1.26 bits per heavy atom. The standard InChI is InChI=1S/C17H35N.FH/c1-3-4-5-6-7-8-9-10-11-14-18-15-12-17(2)13-16-18;/h17H,3-16H2,1-2H3;1H. The third kappa shape index (κ3) is 10.4. The lowest BCUT2D eigenvalue weighted by Crippen LogP contribution is -2.33. The molecule has 1 nitrogen and oxygen atoms in total. The molecular weight excluding hydrogens is 237 g/mol. The van der Waals surface area contributed by atoms with Crippen LogP contribution in [0, 0.1) is 5.92 Å². The van der Waals surface area contributed by atoms with Crippen LogP contribution < -0.4 is 0 Å². The highest BCUT2D eigenvalue weighted by Gasteiger charge is 2.14. The average molecular weight is 273 g/mol. The van der Waals surface area contributed by atoms with E-state index in [1.165, 1.54) is 90.3 Å². The van der Waals surface area contributed by atoms with Gasteiger partial charge in [0.1, 0.15) is 0 Å². The van der Waals surface area contributed by atoms with Crippen molar-refractivity contribution in [1.29, 1.82) is 0 Å². The minimum atomic E-state index is 0. The average Bonchev–Trinajstić information content (AvgIpc) is 2.39. The molecule has 0 spiro atoms. The van der Waals surface area contributed by atoms with Gasteiger partial charge < -0.3 is 4.90 Å². The van der Waals surface area contributed by atoms with Gasteiger partial charge in [0.2, 0.25) is 0 Å². The highest BCUT2D eigenvalue weighted by atomic mass is 19.0. The zero-order valence-corrected chi connectivity index (χ0v) is 13.3. The van der Waals surface area contributed by atoms with Crippen LogP contribution in [0.2, 0.25) is 0 Å². The van der Waals surface area contributed by atoms with E-state index >= 15 is 0 Å². The van der Waals surface area contributed by atoms with Gasteiger partial charge in [0.25, 0.3) is 0 Å². The third-order valence-electron chi connectivity index (χ3n) is 4.45. The Kier molecular flexibility index (Phi) is 12.8. The van der Waals surface area contributed by atoms with E-state index in [9.17, 15) is 0 Å². The van der Waals surface area contributed by atoms with Gasteiger partial charge in [0.05, 0.1) is 0 Å². The van der Waals surface area contributed by atoms with Gasteiger partial charge in [-0.3, -0.25) is 4.70 Å². The molecule has 0 atom stereocenters. The summed E-state index contributed by atoms with van der Waals surface area (Å²) in [7, 11) is 0. The molecule has 0 N–H and O–H groups in total. The third-order valence-corrected chi connectivity index (χ3v) is 4.45. The van der Waals surface area contributed by atoms with Crippen molar-refractivity contribution in [2.24, 2.45) is 5.92 Å². The highest BCUT2D eigenvalue weighted by molar-refractivity contribution is 4.69. The van der Waals surface area contributed by atoms with Crippen LogP contribution in [-0.2, 0) is 0 Å². The number of hydrogen-bond acceptors (Lipinski definition) is 1. The van der Waals surface area contributed by atoms with Gasteiger partial charge in [-0.25, -0.2) is 0 Å². The summed E-state index contributed by atoms with van der Waals surface area (Å²) in [5, 5.41) is 0. The number of likely N-dealkylation sites (tertiary alicyclic amines) is 1. The Labute approximate surface area is 120 Å². The molecule has 116 valence electrons. The molecule has 1 rings (SSSR count). The lowest BCUT2D eigenvalue weighted by atomic mass is 9.99. The van der Waals surface area contributed by atoms with E-state index in [2.05, 4.69) is 18.7 Å². The first kappa shape index (κ1) is 18.9. The maximum Gasteiger partial charge on any atom is -0.00162 e.